The Hall–Kier alpha value is -1.06. The number of aliphatic imine (C=N–C) groups is 1. The first-order chi connectivity index (χ1) is 12.2. The molecule has 1 aliphatic rings. The van der Waals surface area contributed by atoms with Crippen LogP contribution in [0, 0.1) is 6.92 Å². The van der Waals surface area contributed by atoms with E-state index in [0.717, 1.165) is 51.1 Å². The lowest BCUT2D eigenvalue weighted by atomic mass is 10.2. The number of hydrogen-bond acceptors (Lipinski definition) is 4. The number of morpholine rings is 1. The second-order valence-corrected chi connectivity index (χ2v) is 6.31. The van der Waals surface area contributed by atoms with E-state index < -0.39 is 0 Å². The average Bonchev–Trinajstić information content (AvgIpc) is 2.65. The fourth-order valence-corrected chi connectivity index (χ4v) is 2.67. The van der Waals surface area contributed by atoms with Crippen LogP contribution in [0.25, 0.3) is 0 Å². The highest BCUT2D eigenvalue weighted by atomic mass is 127. The fraction of sp³-hybridized carbons (Fsp3) is 0.632. The molecule has 0 aromatic heterocycles. The molecule has 148 valence electrons. The van der Waals surface area contributed by atoms with Crippen molar-refractivity contribution in [2.75, 3.05) is 52.5 Å². The van der Waals surface area contributed by atoms with Crippen molar-refractivity contribution in [1.29, 1.82) is 0 Å². The molecule has 1 aromatic rings. The molecular formula is C19H33IN4O2. The Morgan fingerprint density at radius 3 is 2.58 bits per heavy atom. The van der Waals surface area contributed by atoms with Crippen LogP contribution < -0.4 is 15.4 Å². The van der Waals surface area contributed by atoms with Crippen molar-refractivity contribution in [1.82, 2.24) is 15.5 Å². The normalized spacial score (nSPS) is 16.5. The van der Waals surface area contributed by atoms with Gasteiger partial charge in [-0.25, -0.2) is 0 Å². The summed E-state index contributed by atoms with van der Waals surface area (Å²) in [6.07, 6.45) is 0. The largest absolute Gasteiger partial charge is 0.492 e. The van der Waals surface area contributed by atoms with Crippen molar-refractivity contribution in [2.45, 2.75) is 26.8 Å². The topological polar surface area (TPSA) is 58.1 Å². The molecule has 26 heavy (non-hydrogen) atoms. The van der Waals surface area contributed by atoms with Crippen LogP contribution in [0.15, 0.2) is 29.3 Å². The van der Waals surface area contributed by atoms with Gasteiger partial charge in [-0.2, -0.15) is 0 Å². The zero-order valence-electron chi connectivity index (χ0n) is 16.2. The standard InChI is InChI=1S/C19H32N4O2.HI/c1-4-20-19(22-15-17(3)23-10-13-24-14-11-23)21-9-12-25-18-7-5-16(2)6-8-18;/h5-8,17H,4,9-15H2,1-3H3,(H2,20,21,22);1H. The minimum absolute atomic E-state index is 0. The van der Waals surface area contributed by atoms with Crippen molar-refractivity contribution in [2.24, 2.45) is 4.99 Å². The lowest BCUT2D eigenvalue weighted by molar-refractivity contribution is 0.0220. The minimum Gasteiger partial charge on any atom is -0.492 e. The third kappa shape index (κ3) is 8.55. The first-order valence-corrected chi connectivity index (χ1v) is 9.22. The Morgan fingerprint density at radius 2 is 1.92 bits per heavy atom. The van der Waals surface area contributed by atoms with E-state index in [4.69, 9.17) is 14.5 Å². The molecule has 1 fully saturated rings. The number of halogens is 1. The maximum Gasteiger partial charge on any atom is 0.191 e. The lowest BCUT2D eigenvalue weighted by Crippen LogP contribution is -2.44. The van der Waals surface area contributed by atoms with E-state index in [2.05, 4.69) is 48.4 Å². The Morgan fingerprint density at radius 1 is 1.23 bits per heavy atom. The van der Waals surface area contributed by atoms with E-state index in [9.17, 15) is 0 Å². The van der Waals surface area contributed by atoms with Crippen molar-refractivity contribution >= 4 is 29.9 Å². The van der Waals surface area contributed by atoms with E-state index in [1.54, 1.807) is 0 Å². The zero-order valence-corrected chi connectivity index (χ0v) is 18.5. The van der Waals surface area contributed by atoms with Crippen LogP contribution in [0.4, 0.5) is 0 Å². The van der Waals surface area contributed by atoms with Gasteiger partial charge in [0.05, 0.1) is 26.3 Å². The molecule has 0 saturated carbocycles. The quantitative estimate of drug-likeness (QED) is 0.261. The smallest absolute Gasteiger partial charge is 0.191 e. The highest BCUT2D eigenvalue weighted by Crippen LogP contribution is 2.10. The minimum atomic E-state index is 0. The van der Waals surface area contributed by atoms with E-state index >= 15 is 0 Å². The van der Waals surface area contributed by atoms with Gasteiger partial charge in [-0.15, -0.1) is 24.0 Å². The third-order valence-corrected chi connectivity index (χ3v) is 4.21. The first-order valence-electron chi connectivity index (χ1n) is 9.22. The summed E-state index contributed by atoms with van der Waals surface area (Å²) in [4.78, 5) is 7.13. The Balaban J connectivity index is 0.00000338. The van der Waals surface area contributed by atoms with Gasteiger partial charge in [0.25, 0.3) is 0 Å². The predicted molar refractivity (Wildman–Crippen MR) is 118 cm³/mol. The van der Waals surface area contributed by atoms with Crippen molar-refractivity contribution in [3.63, 3.8) is 0 Å². The number of nitrogens with one attached hydrogen (secondary N) is 2. The molecule has 1 unspecified atom stereocenters. The molecule has 0 spiro atoms. The SMILES string of the molecule is CCNC(=NCC(C)N1CCOCC1)NCCOc1ccc(C)cc1.I. The number of ether oxygens (including phenoxy) is 2. The number of rotatable bonds is 8. The van der Waals surface area contributed by atoms with Crippen LogP contribution in [0.1, 0.15) is 19.4 Å². The fourth-order valence-electron chi connectivity index (χ4n) is 2.67. The van der Waals surface area contributed by atoms with Gasteiger partial charge in [0.15, 0.2) is 5.96 Å². The van der Waals surface area contributed by atoms with Crippen LogP contribution in [0.3, 0.4) is 0 Å². The molecule has 0 amide bonds. The summed E-state index contributed by atoms with van der Waals surface area (Å²) in [6.45, 7) is 12.9. The zero-order chi connectivity index (χ0) is 17.9. The van der Waals surface area contributed by atoms with Crippen molar-refractivity contribution in [3.8, 4) is 5.75 Å². The Bertz CT molecular complexity index is 519. The van der Waals surface area contributed by atoms with Crippen molar-refractivity contribution < 1.29 is 9.47 Å². The number of guanidine groups is 1. The van der Waals surface area contributed by atoms with Gasteiger partial charge in [-0.1, -0.05) is 17.7 Å². The van der Waals surface area contributed by atoms with E-state index in [0.29, 0.717) is 19.2 Å². The summed E-state index contributed by atoms with van der Waals surface area (Å²) in [5.41, 5.74) is 1.24. The number of aryl methyl sites for hydroxylation is 1. The lowest BCUT2D eigenvalue weighted by Gasteiger charge is -2.31. The van der Waals surface area contributed by atoms with Crippen LogP contribution >= 0.6 is 24.0 Å². The first kappa shape index (κ1) is 23.0. The molecular weight excluding hydrogens is 443 g/mol. The number of benzene rings is 1. The molecule has 1 atom stereocenters. The predicted octanol–water partition coefficient (Wildman–Crippen LogP) is 2.27. The van der Waals surface area contributed by atoms with Gasteiger partial charge in [-0.3, -0.25) is 9.89 Å². The van der Waals surface area contributed by atoms with Gasteiger partial charge in [0.1, 0.15) is 12.4 Å². The summed E-state index contributed by atoms with van der Waals surface area (Å²) < 4.78 is 11.1. The summed E-state index contributed by atoms with van der Waals surface area (Å²) >= 11 is 0. The summed E-state index contributed by atoms with van der Waals surface area (Å²) in [7, 11) is 0. The molecule has 0 bridgehead atoms. The van der Waals surface area contributed by atoms with Crippen LogP contribution in [0.2, 0.25) is 0 Å². The molecule has 6 nitrogen and oxygen atoms in total. The Kier molecular flexibility index (Phi) is 11.6. The van der Waals surface area contributed by atoms with Gasteiger partial charge in [0, 0.05) is 25.7 Å². The monoisotopic (exact) mass is 476 g/mol. The maximum atomic E-state index is 5.74. The van der Waals surface area contributed by atoms with E-state index in [1.807, 2.05) is 12.1 Å². The molecule has 2 rings (SSSR count). The molecule has 0 radical (unpaired) electrons. The summed E-state index contributed by atoms with van der Waals surface area (Å²) in [5, 5.41) is 6.62. The van der Waals surface area contributed by atoms with E-state index in [-0.39, 0.29) is 24.0 Å². The number of nitrogens with zero attached hydrogens (tertiary/aromatic N) is 2. The maximum absolute atomic E-state index is 5.74. The highest BCUT2D eigenvalue weighted by molar-refractivity contribution is 14.0. The highest BCUT2D eigenvalue weighted by Gasteiger charge is 2.16. The van der Waals surface area contributed by atoms with Crippen LogP contribution in [0.5, 0.6) is 5.75 Å². The van der Waals surface area contributed by atoms with Gasteiger partial charge < -0.3 is 20.1 Å². The van der Waals surface area contributed by atoms with Crippen LogP contribution in [-0.2, 0) is 4.74 Å². The molecule has 1 aliphatic heterocycles. The summed E-state index contributed by atoms with van der Waals surface area (Å²) in [6, 6.07) is 8.53. The molecule has 1 saturated heterocycles. The third-order valence-electron chi connectivity index (χ3n) is 4.21. The van der Waals surface area contributed by atoms with Gasteiger partial charge in [0.2, 0.25) is 0 Å². The van der Waals surface area contributed by atoms with Gasteiger partial charge in [-0.05, 0) is 32.9 Å². The molecule has 7 heteroatoms. The van der Waals surface area contributed by atoms with Crippen molar-refractivity contribution in [3.05, 3.63) is 29.8 Å². The molecule has 1 heterocycles. The van der Waals surface area contributed by atoms with E-state index in [1.165, 1.54) is 5.56 Å². The second kappa shape index (κ2) is 13.2. The second-order valence-electron chi connectivity index (χ2n) is 6.31. The molecule has 0 aliphatic carbocycles. The Labute approximate surface area is 174 Å². The van der Waals surface area contributed by atoms with Crippen LogP contribution in [-0.4, -0.2) is 69.4 Å². The molecule has 2 N–H and O–H groups in total. The molecule has 1 aromatic carbocycles. The van der Waals surface area contributed by atoms with Gasteiger partial charge >= 0.3 is 0 Å². The summed E-state index contributed by atoms with van der Waals surface area (Å²) in [5.74, 6) is 1.74. The number of hydrogen-bond donors (Lipinski definition) is 2. The average molecular weight is 476 g/mol.